The standard InChI is InChI=1S/C13H17N5O.ClH/c1-10(9-14-2)13(19)17-11-3-5-12(6-4-11)18-15-7-8-16-18;/h3-8,10,14H,9H2,1-2H3,(H,17,19);1H. The molecule has 7 heteroatoms. The SMILES string of the molecule is CNCC(C)C(=O)Nc1ccc(-n2nccn2)cc1.Cl. The number of nitrogens with zero attached hydrogens (tertiary/aromatic N) is 3. The van der Waals surface area contributed by atoms with Gasteiger partial charge in [-0.15, -0.1) is 12.4 Å². The van der Waals surface area contributed by atoms with Crippen molar-refractivity contribution in [3.8, 4) is 5.69 Å². The fourth-order valence-electron chi connectivity index (χ4n) is 1.69. The van der Waals surface area contributed by atoms with Gasteiger partial charge in [-0.3, -0.25) is 4.79 Å². The van der Waals surface area contributed by atoms with E-state index >= 15 is 0 Å². The number of rotatable bonds is 5. The Morgan fingerprint density at radius 1 is 1.25 bits per heavy atom. The average Bonchev–Trinajstić information content (AvgIpc) is 2.94. The third-order valence-electron chi connectivity index (χ3n) is 2.74. The highest BCUT2D eigenvalue weighted by Crippen LogP contribution is 2.12. The number of halogens is 1. The molecule has 2 aromatic rings. The summed E-state index contributed by atoms with van der Waals surface area (Å²) in [5.74, 6) is -0.0724. The first-order valence-electron chi connectivity index (χ1n) is 6.13. The number of hydrogen-bond acceptors (Lipinski definition) is 4. The molecule has 0 radical (unpaired) electrons. The third-order valence-corrected chi connectivity index (χ3v) is 2.74. The zero-order valence-electron chi connectivity index (χ0n) is 11.4. The van der Waals surface area contributed by atoms with E-state index in [4.69, 9.17) is 0 Å². The van der Waals surface area contributed by atoms with Crippen LogP contribution in [0.5, 0.6) is 0 Å². The summed E-state index contributed by atoms with van der Waals surface area (Å²) in [5, 5.41) is 13.9. The summed E-state index contributed by atoms with van der Waals surface area (Å²) in [4.78, 5) is 13.4. The van der Waals surface area contributed by atoms with E-state index in [-0.39, 0.29) is 24.2 Å². The summed E-state index contributed by atoms with van der Waals surface area (Å²) >= 11 is 0. The maximum Gasteiger partial charge on any atom is 0.228 e. The van der Waals surface area contributed by atoms with Crippen LogP contribution in [0, 0.1) is 5.92 Å². The van der Waals surface area contributed by atoms with Crippen LogP contribution in [-0.2, 0) is 4.79 Å². The van der Waals surface area contributed by atoms with Crippen molar-refractivity contribution in [2.24, 2.45) is 5.92 Å². The Morgan fingerprint density at radius 3 is 2.40 bits per heavy atom. The molecule has 1 unspecified atom stereocenters. The number of amides is 1. The summed E-state index contributed by atoms with van der Waals surface area (Å²) in [5.41, 5.74) is 1.62. The van der Waals surface area contributed by atoms with Crippen molar-refractivity contribution in [2.45, 2.75) is 6.92 Å². The van der Waals surface area contributed by atoms with Crippen molar-refractivity contribution in [3.05, 3.63) is 36.7 Å². The molecule has 0 fully saturated rings. The number of benzene rings is 1. The van der Waals surface area contributed by atoms with Crippen molar-refractivity contribution >= 4 is 24.0 Å². The molecule has 1 heterocycles. The van der Waals surface area contributed by atoms with Gasteiger partial charge in [0, 0.05) is 18.2 Å². The van der Waals surface area contributed by atoms with E-state index in [0.29, 0.717) is 6.54 Å². The predicted octanol–water partition coefficient (Wildman–Crippen LogP) is 1.48. The van der Waals surface area contributed by atoms with Crippen molar-refractivity contribution in [3.63, 3.8) is 0 Å². The van der Waals surface area contributed by atoms with Crippen molar-refractivity contribution in [2.75, 3.05) is 18.9 Å². The van der Waals surface area contributed by atoms with Gasteiger partial charge in [-0.2, -0.15) is 15.0 Å². The summed E-state index contributed by atoms with van der Waals surface area (Å²) in [6.07, 6.45) is 3.24. The molecular formula is C13H18ClN5O. The second-order valence-electron chi connectivity index (χ2n) is 4.31. The van der Waals surface area contributed by atoms with Crippen LogP contribution in [0.2, 0.25) is 0 Å². The van der Waals surface area contributed by atoms with Crippen LogP contribution < -0.4 is 10.6 Å². The van der Waals surface area contributed by atoms with Gasteiger partial charge in [0.25, 0.3) is 0 Å². The monoisotopic (exact) mass is 295 g/mol. The molecule has 2 rings (SSSR count). The molecule has 1 amide bonds. The molecular weight excluding hydrogens is 278 g/mol. The lowest BCUT2D eigenvalue weighted by Gasteiger charge is -2.11. The largest absolute Gasteiger partial charge is 0.326 e. The van der Waals surface area contributed by atoms with E-state index in [9.17, 15) is 4.79 Å². The smallest absolute Gasteiger partial charge is 0.228 e. The fourth-order valence-corrected chi connectivity index (χ4v) is 1.69. The Balaban J connectivity index is 0.00000200. The lowest BCUT2D eigenvalue weighted by molar-refractivity contribution is -0.119. The molecule has 20 heavy (non-hydrogen) atoms. The Labute approximate surface area is 124 Å². The van der Waals surface area contributed by atoms with Gasteiger partial charge >= 0.3 is 0 Å². The van der Waals surface area contributed by atoms with E-state index in [1.165, 1.54) is 4.80 Å². The first-order valence-corrected chi connectivity index (χ1v) is 6.13. The molecule has 1 aromatic carbocycles. The van der Waals surface area contributed by atoms with Gasteiger partial charge in [0.2, 0.25) is 5.91 Å². The maximum absolute atomic E-state index is 11.8. The second-order valence-corrected chi connectivity index (χ2v) is 4.31. The minimum atomic E-state index is -0.0718. The highest BCUT2D eigenvalue weighted by atomic mass is 35.5. The topological polar surface area (TPSA) is 71.8 Å². The molecule has 2 N–H and O–H groups in total. The lowest BCUT2D eigenvalue weighted by Crippen LogP contribution is -2.28. The molecule has 108 valence electrons. The van der Waals surface area contributed by atoms with Crippen LogP contribution in [-0.4, -0.2) is 34.5 Å². The zero-order chi connectivity index (χ0) is 13.7. The minimum absolute atomic E-state index is 0. The van der Waals surface area contributed by atoms with E-state index in [1.54, 1.807) is 12.4 Å². The van der Waals surface area contributed by atoms with Crippen molar-refractivity contribution in [1.29, 1.82) is 0 Å². The molecule has 0 aliphatic heterocycles. The van der Waals surface area contributed by atoms with E-state index in [0.717, 1.165) is 11.4 Å². The van der Waals surface area contributed by atoms with Crippen LogP contribution in [0.15, 0.2) is 36.7 Å². The Bertz CT molecular complexity index is 526. The van der Waals surface area contributed by atoms with E-state index in [2.05, 4.69) is 20.8 Å². The summed E-state index contributed by atoms with van der Waals surface area (Å²) < 4.78 is 0. The molecule has 0 spiro atoms. The Kier molecular flexibility index (Phi) is 6.14. The van der Waals surface area contributed by atoms with Crippen LogP contribution in [0.1, 0.15) is 6.92 Å². The van der Waals surface area contributed by atoms with Gasteiger partial charge in [-0.1, -0.05) is 6.92 Å². The maximum atomic E-state index is 11.8. The molecule has 0 aliphatic rings. The number of hydrogen-bond donors (Lipinski definition) is 2. The van der Waals surface area contributed by atoms with Crippen LogP contribution in [0.3, 0.4) is 0 Å². The summed E-state index contributed by atoms with van der Waals surface area (Å²) in [6.45, 7) is 2.54. The zero-order valence-corrected chi connectivity index (χ0v) is 12.2. The van der Waals surface area contributed by atoms with Crippen LogP contribution >= 0.6 is 12.4 Å². The Hall–Kier alpha value is -1.92. The minimum Gasteiger partial charge on any atom is -0.326 e. The molecule has 0 bridgehead atoms. The number of carbonyl (C=O) groups is 1. The average molecular weight is 296 g/mol. The first kappa shape index (κ1) is 16.1. The predicted molar refractivity (Wildman–Crippen MR) is 80.3 cm³/mol. The fraction of sp³-hybridized carbons (Fsp3) is 0.308. The van der Waals surface area contributed by atoms with Gasteiger partial charge in [0.15, 0.2) is 0 Å². The van der Waals surface area contributed by atoms with Gasteiger partial charge in [-0.05, 0) is 31.3 Å². The lowest BCUT2D eigenvalue weighted by atomic mass is 10.1. The second kappa shape index (κ2) is 7.62. The van der Waals surface area contributed by atoms with E-state index < -0.39 is 0 Å². The molecule has 0 aliphatic carbocycles. The number of nitrogens with one attached hydrogen (secondary N) is 2. The van der Waals surface area contributed by atoms with Crippen LogP contribution in [0.4, 0.5) is 5.69 Å². The Morgan fingerprint density at radius 2 is 1.85 bits per heavy atom. The summed E-state index contributed by atoms with van der Waals surface area (Å²) in [6, 6.07) is 7.39. The molecule has 0 saturated heterocycles. The van der Waals surface area contributed by atoms with Crippen molar-refractivity contribution in [1.82, 2.24) is 20.3 Å². The highest BCUT2D eigenvalue weighted by molar-refractivity contribution is 5.92. The molecule has 1 atom stereocenters. The van der Waals surface area contributed by atoms with E-state index in [1.807, 2.05) is 38.2 Å². The summed E-state index contributed by atoms with van der Waals surface area (Å²) in [7, 11) is 1.83. The van der Waals surface area contributed by atoms with Gasteiger partial charge in [0.1, 0.15) is 0 Å². The molecule has 1 aromatic heterocycles. The first-order chi connectivity index (χ1) is 9.20. The van der Waals surface area contributed by atoms with Gasteiger partial charge in [0.05, 0.1) is 18.1 Å². The number of aromatic nitrogens is 3. The molecule has 0 saturated carbocycles. The number of anilines is 1. The highest BCUT2D eigenvalue weighted by Gasteiger charge is 2.11. The quantitative estimate of drug-likeness (QED) is 0.876. The van der Waals surface area contributed by atoms with Gasteiger partial charge in [-0.25, -0.2) is 0 Å². The number of carbonyl (C=O) groups excluding carboxylic acids is 1. The van der Waals surface area contributed by atoms with Crippen LogP contribution in [0.25, 0.3) is 5.69 Å². The normalized spacial score (nSPS) is 11.5. The van der Waals surface area contributed by atoms with Gasteiger partial charge < -0.3 is 10.6 Å². The molecule has 6 nitrogen and oxygen atoms in total. The van der Waals surface area contributed by atoms with Crippen molar-refractivity contribution < 1.29 is 4.79 Å². The third kappa shape index (κ3) is 4.04.